The smallest absolute Gasteiger partial charge is 0.306 e. The standard InChI is InChI=1S/C29H38N2O8S/c1-30-16-22(17-30)31(40(34,35)24-10-8-23(36-2)9-11-24)18-26(32)21(14-20-6-4-3-5-7-20)15-28(33)39-27-19-38-29-25(27)12-13-37-29/h3-11,21-22,25-27,29,32H,12-19H2,1-2H3/t21-,25?,26-,27?,29-/m1/s1. The Labute approximate surface area is 235 Å². The van der Waals surface area contributed by atoms with Crippen molar-refractivity contribution in [3.8, 4) is 5.75 Å². The van der Waals surface area contributed by atoms with Crippen LogP contribution in [0.25, 0.3) is 0 Å². The Morgan fingerprint density at radius 3 is 2.52 bits per heavy atom. The zero-order chi connectivity index (χ0) is 28.3. The van der Waals surface area contributed by atoms with Crippen molar-refractivity contribution in [2.75, 3.05) is 47.0 Å². The number of fused-ring (bicyclic) bond motifs is 1. The molecule has 0 bridgehead atoms. The average molecular weight is 575 g/mol. The Hall–Kier alpha value is -2.54. The van der Waals surface area contributed by atoms with Gasteiger partial charge in [0.2, 0.25) is 10.0 Å². The zero-order valence-corrected chi connectivity index (χ0v) is 23.7. The lowest BCUT2D eigenvalue weighted by atomic mass is 9.90. The lowest BCUT2D eigenvalue weighted by Gasteiger charge is -2.43. The van der Waals surface area contributed by atoms with Gasteiger partial charge in [-0.05, 0) is 49.7 Å². The first-order chi connectivity index (χ1) is 19.2. The van der Waals surface area contributed by atoms with E-state index < -0.39 is 28.0 Å². The van der Waals surface area contributed by atoms with Gasteiger partial charge in [-0.15, -0.1) is 0 Å². The summed E-state index contributed by atoms with van der Waals surface area (Å²) < 4.78 is 51.1. The van der Waals surface area contributed by atoms with Crippen LogP contribution in [0, 0.1) is 11.8 Å². The first-order valence-electron chi connectivity index (χ1n) is 13.7. The van der Waals surface area contributed by atoms with Crippen molar-refractivity contribution < 1.29 is 37.3 Å². The number of methoxy groups -OCH3 is 1. The van der Waals surface area contributed by atoms with E-state index in [1.54, 1.807) is 12.1 Å². The molecule has 3 fully saturated rings. The number of ether oxygens (including phenoxy) is 4. The fourth-order valence-corrected chi connectivity index (χ4v) is 7.37. The number of aliphatic hydroxyl groups is 1. The lowest BCUT2D eigenvalue weighted by molar-refractivity contribution is -0.153. The van der Waals surface area contributed by atoms with E-state index >= 15 is 0 Å². The summed E-state index contributed by atoms with van der Waals surface area (Å²) in [6.45, 7) is 1.84. The molecule has 0 spiro atoms. The highest BCUT2D eigenvalue weighted by atomic mass is 32.2. The fraction of sp³-hybridized carbons (Fsp3) is 0.552. The molecule has 5 atom stereocenters. The SMILES string of the molecule is COc1ccc(S(=O)(=O)N(C[C@@H](O)[C@@H](CC(=O)OC2CO[C@H]3OCCC23)Cc2ccccc2)C2CN(C)C2)cc1. The molecular weight excluding hydrogens is 536 g/mol. The number of carbonyl (C=O) groups is 1. The Morgan fingerprint density at radius 1 is 1.12 bits per heavy atom. The van der Waals surface area contributed by atoms with Crippen LogP contribution in [0.5, 0.6) is 5.75 Å². The summed E-state index contributed by atoms with van der Waals surface area (Å²) in [5, 5.41) is 11.5. The van der Waals surface area contributed by atoms with Gasteiger partial charge in [-0.2, -0.15) is 4.31 Å². The number of nitrogens with zero attached hydrogens (tertiary/aromatic N) is 2. The summed E-state index contributed by atoms with van der Waals surface area (Å²) in [4.78, 5) is 15.3. The quantitative estimate of drug-likeness (QED) is 0.380. The van der Waals surface area contributed by atoms with Crippen molar-refractivity contribution in [1.29, 1.82) is 0 Å². The topological polar surface area (TPSA) is 115 Å². The normalized spacial score (nSPS) is 24.9. The van der Waals surface area contributed by atoms with Gasteiger partial charge in [0.05, 0.1) is 49.7 Å². The van der Waals surface area contributed by atoms with Crippen LogP contribution in [-0.2, 0) is 35.4 Å². The van der Waals surface area contributed by atoms with Crippen molar-refractivity contribution in [3.05, 3.63) is 60.2 Å². The third kappa shape index (κ3) is 6.50. The van der Waals surface area contributed by atoms with Crippen LogP contribution < -0.4 is 4.74 Å². The Kier molecular flexibility index (Phi) is 9.08. The Bertz CT molecular complexity index is 1240. The molecule has 1 N–H and O–H groups in total. The third-order valence-corrected chi connectivity index (χ3v) is 10.00. The number of esters is 1. The molecule has 218 valence electrons. The van der Waals surface area contributed by atoms with Crippen LogP contribution in [0.4, 0.5) is 0 Å². The predicted molar refractivity (Wildman–Crippen MR) is 146 cm³/mol. The summed E-state index contributed by atoms with van der Waals surface area (Å²) >= 11 is 0. The van der Waals surface area contributed by atoms with Crippen LogP contribution in [0.15, 0.2) is 59.5 Å². The maximum Gasteiger partial charge on any atom is 0.306 e. The number of hydrogen-bond donors (Lipinski definition) is 1. The van der Waals surface area contributed by atoms with Gasteiger partial charge in [0, 0.05) is 25.6 Å². The average Bonchev–Trinajstić information content (AvgIpc) is 3.55. The first kappa shape index (κ1) is 29.0. The van der Waals surface area contributed by atoms with Gasteiger partial charge in [-0.3, -0.25) is 4.79 Å². The van der Waals surface area contributed by atoms with Crippen LogP contribution in [0.3, 0.4) is 0 Å². The second kappa shape index (κ2) is 12.5. The van der Waals surface area contributed by atoms with Crippen LogP contribution in [0.1, 0.15) is 18.4 Å². The Balaban J connectivity index is 1.33. The summed E-state index contributed by atoms with van der Waals surface area (Å²) in [5.41, 5.74) is 0.945. The molecule has 0 radical (unpaired) electrons. The van der Waals surface area contributed by atoms with E-state index in [1.807, 2.05) is 42.3 Å². The Morgan fingerprint density at radius 2 is 1.85 bits per heavy atom. The molecule has 3 saturated heterocycles. The van der Waals surface area contributed by atoms with Gasteiger partial charge in [0.25, 0.3) is 0 Å². The number of benzene rings is 2. The number of rotatable bonds is 12. The summed E-state index contributed by atoms with van der Waals surface area (Å²) in [6, 6.07) is 15.5. The molecule has 3 aliphatic rings. The van der Waals surface area contributed by atoms with Crippen molar-refractivity contribution in [2.45, 2.75) is 48.7 Å². The van der Waals surface area contributed by atoms with Gasteiger partial charge in [-0.25, -0.2) is 8.42 Å². The van der Waals surface area contributed by atoms with E-state index in [1.165, 1.54) is 23.5 Å². The van der Waals surface area contributed by atoms with E-state index in [0.29, 0.717) is 31.9 Å². The molecule has 3 aliphatic heterocycles. The molecule has 10 nitrogen and oxygen atoms in total. The molecule has 2 unspecified atom stereocenters. The number of sulfonamides is 1. The predicted octanol–water partition coefficient (Wildman–Crippen LogP) is 1.91. The number of likely N-dealkylation sites (tertiary alicyclic amines) is 1. The maximum atomic E-state index is 13.8. The van der Waals surface area contributed by atoms with Crippen molar-refractivity contribution in [1.82, 2.24) is 9.21 Å². The second-order valence-corrected chi connectivity index (χ2v) is 12.8. The largest absolute Gasteiger partial charge is 0.497 e. The minimum absolute atomic E-state index is 0.0159. The van der Waals surface area contributed by atoms with E-state index in [9.17, 15) is 18.3 Å². The molecule has 0 aliphatic carbocycles. The molecule has 0 amide bonds. The highest BCUT2D eigenvalue weighted by Gasteiger charge is 2.44. The van der Waals surface area contributed by atoms with Crippen LogP contribution in [0.2, 0.25) is 0 Å². The molecule has 5 rings (SSSR count). The lowest BCUT2D eigenvalue weighted by Crippen LogP contribution is -2.60. The van der Waals surface area contributed by atoms with E-state index in [0.717, 1.165) is 12.0 Å². The molecule has 3 heterocycles. The van der Waals surface area contributed by atoms with Crippen molar-refractivity contribution in [3.63, 3.8) is 0 Å². The zero-order valence-electron chi connectivity index (χ0n) is 22.9. The summed E-state index contributed by atoms with van der Waals surface area (Å²) in [7, 11) is -0.479. The third-order valence-electron chi connectivity index (χ3n) is 8.07. The second-order valence-electron chi connectivity index (χ2n) is 10.9. The number of carbonyl (C=O) groups excluding carboxylic acids is 1. The molecular formula is C29H38N2O8S. The van der Waals surface area contributed by atoms with E-state index in [4.69, 9.17) is 18.9 Å². The van der Waals surface area contributed by atoms with Crippen LogP contribution in [-0.4, -0.2) is 100 Å². The molecule has 2 aromatic rings. The monoisotopic (exact) mass is 574 g/mol. The molecule has 11 heteroatoms. The van der Waals surface area contributed by atoms with Gasteiger partial charge in [0.15, 0.2) is 6.29 Å². The summed E-state index contributed by atoms with van der Waals surface area (Å²) in [5.74, 6) is -0.422. The number of likely N-dealkylation sites (N-methyl/N-ethyl adjacent to an activating group) is 1. The highest BCUT2D eigenvalue weighted by molar-refractivity contribution is 7.89. The van der Waals surface area contributed by atoms with Gasteiger partial charge >= 0.3 is 5.97 Å². The molecule has 2 aromatic carbocycles. The van der Waals surface area contributed by atoms with Crippen LogP contribution >= 0.6 is 0 Å². The fourth-order valence-electron chi connectivity index (χ4n) is 5.75. The van der Waals surface area contributed by atoms with E-state index in [-0.39, 0.29) is 48.8 Å². The molecule has 0 saturated carbocycles. The molecule has 40 heavy (non-hydrogen) atoms. The van der Waals surface area contributed by atoms with Gasteiger partial charge in [-0.1, -0.05) is 30.3 Å². The summed E-state index contributed by atoms with van der Waals surface area (Å²) in [6.07, 6.45) is -0.700. The van der Waals surface area contributed by atoms with Gasteiger partial charge in [0.1, 0.15) is 11.9 Å². The minimum Gasteiger partial charge on any atom is -0.497 e. The number of hydrogen-bond acceptors (Lipinski definition) is 9. The van der Waals surface area contributed by atoms with Crippen molar-refractivity contribution >= 4 is 16.0 Å². The van der Waals surface area contributed by atoms with Gasteiger partial charge < -0.3 is 29.0 Å². The highest BCUT2D eigenvalue weighted by Crippen LogP contribution is 2.34. The van der Waals surface area contributed by atoms with Crippen molar-refractivity contribution in [2.24, 2.45) is 11.8 Å². The molecule has 0 aromatic heterocycles. The van der Waals surface area contributed by atoms with E-state index in [2.05, 4.69) is 0 Å². The first-order valence-corrected chi connectivity index (χ1v) is 15.2. The number of aliphatic hydroxyl groups excluding tert-OH is 1. The maximum absolute atomic E-state index is 13.8. The minimum atomic E-state index is -3.92.